The predicted octanol–water partition coefficient (Wildman–Crippen LogP) is 3.10. The molecule has 1 aromatic carbocycles. The van der Waals surface area contributed by atoms with Gasteiger partial charge in [-0.1, -0.05) is 18.2 Å². The Kier molecular flexibility index (Phi) is 7.02. The van der Waals surface area contributed by atoms with E-state index in [0.717, 1.165) is 22.3 Å². The van der Waals surface area contributed by atoms with E-state index in [1.54, 1.807) is 12.1 Å². The van der Waals surface area contributed by atoms with Crippen molar-refractivity contribution >= 4 is 5.91 Å². The molecule has 8 heteroatoms. The standard InChI is InChI=1S/C23H24F2N2O4/c1-4-7-19-14(2)22(30-3)18(13-31-19)26-23(29)21(27-11-6-5-8-20(27)28)16-10-9-15(24)12-17(16)25/h4-12,18,21-22H,13H2,1-3H3,(H,26,29)/b7-4-. The van der Waals surface area contributed by atoms with Crippen molar-refractivity contribution in [3.8, 4) is 0 Å². The lowest BCUT2D eigenvalue weighted by molar-refractivity contribution is -0.125. The van der Waals surface area contributed by atoms with Crippen molar-refractivity contribution in [1.82, 2.24) is 9.88 Å². The second-order valence-electron chi connectivity index (χ2n) is 7.14. The van der Waals surface area contributed by atoms with Gasteiger partial charge in [-0.15, -0.1) is 0 Å². The Hall–Kier alpha value is -3.26. The fraction of sp³-hybridized carbons (Fsp3) is 0.304. The van der Waals surface area contributed by atoms with Crippen LogP contribution in [-0.2, 0) is 14.3 Å². The van der Waals surface area contributed by atoms with Gasteiger partial charge in [0.15, 0.2) is 0 Å². The summed E-state index contributed by atoms with van der Waals surface area (Å²) in [6.07, 6.45) is 4.55. The van der Waals surface area contributed by atoms with Crippen molar-refractivity contribution in [2.24, 2.45) is 0 Å². The Labute approximate surface area is 178 Å². The van der Waals surface area contributed by atoms with Crippen LogP contribution in [0.2, 0.25) is 0 Å². The van der Waals surface area contributed by atoms with Crippen LogP contribution in [0.3, 0.4) is 0 Å². The maximum Gasteiger partial charge on any atom is 0.251 e. The molecule has 0 spiro atoms. The number of nitrogens with zero attached hydrogens (tertiary/aromatic N) is 1. The first-order valence-electron chi connectivity index (χ1n) is 9.79. The van der Waals surface area contributed by atoms with Gasteiger partial charge in [-0.25, -0.2) is 8.78 Å². The maximum absolute atomic E-state index is 14.6. The smallest absolute Gasteiger partial charge is 0.251 e. The highest BCUT2D eigenvalue weighted by atomic mass is 19.1. The number of nitrogens with one attached hydrogen (secondary N) is 1. The van der Waals surface area contributed by atoms with E-state index in [-0.39, 0.29) is 12.2 Å². The average molecular weight is 430 g/mol. The van der Waals surface area contributed by atoms with Crippen LogP contribution in [0, 0.1) is 11.6 Å². The summed E-state index contributed by atoms with van der Waals surface area (Å²) in [5.74, 6) is -1.69. The van der Waals surface area contributed by atoms with Gasteiger partial charge in [-0.3, -0.25) is 14.2 Å². The molecular formula is C23H24F2N2O4. The van der Waals surface area contributed by atoms with Gasteiger partial charge in [0.05, 0.1) is 6.04 Å². The fourth-order valence-electron chi connectivity index (χ4n) is 3.67. The second-order valence-corrected chi connectivity index (χ2v) is 7.14. The molecule has 2 heterocycles. The number of halogens is 2. The number of benzene rings is 1. The molecule has 3 unspecified atom stereocenters. The topological polar surface area (TPSA) is 69.6 Å². The Morgan fingerprint density at radius 1 is 1.32 bits per heavy atom. The molecule has 1 N–H and O–H groups in total. The number of carbonyl (C=O) groups is 1. The minimum Gasteiger partial charge on any atom is -0.491 e. The van der Waals surface area contributed by atoms with E-state index in [2.05, 4.69) is 5.32 Å². The van der Waals surface area contributed by atoms with Gasteiger partial charge in [-0.05, 0) is 37.6 Å². The van der Waals surface area contributed by atoms with Crippen LogP contribution in [0.25, 0.3) is 0 Å². The number of hydrogen-bond donors (Lipinski definition) is 1. The van der Waals surface area contributed by atoms with Crippen LogP contribution in [-0.4, -0.2) is 36.3 Å². The number of hydrogen-bond acceptors (Lipinski definition) is 4. The first-order valence-corrected chi connectivity index (χ1v) is 9.79. The second kappa shape index (κ2) is 9.70. The van der Waals surface area contributed by atoms with E-state index in [1.165, 1.54) is 25.4 Å². The highest BCUT2D eigenvalue weighted by Crippen LogP contribution is 2.26. The predicted molar refractivity (Wildman–Crippen MR) is 111 cm³/mol. The van der Waals surface area contributed by atoms with Crippen LogP contribution >= 0.6 is 0 Å². The van der Waals surface area contributed by atoms with Crippen molar-refractivity contribution in [1.29, 1.82) is 0 Å². The van der Waals surface area contributed by atoms with Crippen molar-refractivity contribution in [2.45, 2.75) is 32.0 Å². The van der Waals surface area contributed by atoms with E-state index >= 15 is 0 Å². The van der Waals surface area contributed by atoms with E-state index in [0.29, 0.717) is 11.8 Å². The number of methoxy groups -OCH3 is 1. The Balaban J connectivity index is 1.98. The van der Waals surface area contributed by atoms with Crippen molar-refractivity contribution in [2.75, 3.05) is 13.7 Å². The van der Waals surface area contributed by atoms with E-state index < -0.39 is 41.3 Å². The van der Waals surface area contributed by atoms with E-state index in [4.69, 9.17) is 9.47 Å². The molecule has 1 amide bonds. The van der Waals surface area contributed by atoms with Crippen molar-refractivity contribution in [3.63, 3.8) is 0 Å². The number of aromatic nitrogens is 1. The first-order chi connectivity index (χ1) is 14.9. The number of carbonyl (C=O) groups excluding carboxylic acids is 1. The zero-order valence-corrected chi connectivity index (χ0v) is 17.5. The molecule has 1 aliphatic heterocycles. The van der Waals surface area contributed by atoms with Crippen molar-refractivity contribution < 1.29 is 23.0 Å². The van der Waals surface area contributed by atoms with Crippen LogP contribution < -0.4 is 10.9 Å². The molecule has 31 heavy (non-hydrogen) atoms. The van der Waals surface area contributed by atoms with E-state index in [1.807, 2.05) is 19.9 Å². The fourth-order valence-corrected chi connectivity index (χ4v) is 3.67. The monoisotopic (exact) mass is 430 g/mol. The molecule has 1 aliphatic rings. The lowest BCUT2D eigenvalue weighted by Gasteiger charge is -2.34. The minimum absolute atomic E-state index is 0.125. The zero-order chi connectivity index (χ0) is 22.5. The van der Waals surface area contributed by atoms with Gasteiger partial charge in [-0.2, -0.15) is 0 Å². The van der Waals surface area contributed by atoms with Gasteiger partial charge in [0.1, 0.15) is 36.1 Å². The zero-order valence-electron chi connectivity index (χ0n) is 17.5. The largest absolute Gasteiger partial charge is 0.491 e. The minimum atomic E-state index is -1.34. The van der Waals surface area contributed by atoms with Gasteiger partial charge in [0.25, 0.3) is 5.56 Å². The Bertz CT molecular complexity index is 1080. The highest BCUT2D eigenvalue weighted by Gasteiger charge is 2.35. The summed E-state index contributed by atoms with van der Waals surface area (Å²) in [6, 6.07) is 5.31. The highest BCUT2D eigenvalue weighted by molar-refractivity contribution is 5.84. The number of allylic oxidation sites excluding steroid dienone is 2. The van der Waals surface area contributed by atoms with Crippen LogP contribution in [0.5, 0.6) is 0 Å². The molecule has 3 rings (SSSR count). The average Bonchev–Trinajstić information content (AvgIpc) is 2.73. The normalized spacial score (nSPS) is 19.9. The summed E-state index contributed by atoms with van der Waals surface area (Å²) in [4.78, 5) is 25.7. The molecule has 0 fully saturated rings. The van der Waals surface area contributed by atoms with Crippen molar-refractivity contribution in [3.05, 3.63) is 93.6 Å². The molecule has 164 valence electrons. The number of amides is 1. The Morgan fingerprint density at radius 2 is 2.10 bits per heavy atom. The SMILES string of the molecule is C/C=C\C1=C(C)C(OC)C(NC(=O)C(c2ccc(F)cc2F)n2ccccc2=O)CO1. The summed E-state index contributed by atoms with van der Waals surface area (Å²) < 4.78 is 40.5. The summed E-state index contributed by atoms with van der Waals surface area (Å²) in [7, 11) is 1.52. The van der Waals surface area contributed by atoms with Crippen LogP contribution in [0.1, 0.15) is 25.5 Å². The molecule has 1 aromatic heterocycles. The first kappa shape index (κ1) is 22.4. The summed E-state index contributed by atoms with van der Waals surface area (Å²) >= 11 is 0. The molecule has 0 radical (unpaired) electrons. The lowest BCUT2D eigenvalue weighted by atomic mass is 9.98. The van der Waals surface area contributed by atoms with Gasteiger partial charge >= 0.3 is 0 Å². The van der Waals surface area contributed by atoms with Gasteiger partial charge < -0.3 is 14.8 Å². The quantitative estimate of drug-likeness (QED) is 0.765. The number of rotatable bonds is 6. The lowest BCUT2D eigenvalue weighted by Crippen LogP contribution is -2.52. The molecular weight excluding hydrogens is 406 g/mol. The van der Waals surface area contributed by atoms with Crippen LogP contribution in [0.15, 0.2) is 70.9 Å². The molecule has 0 saturated heterocycles. The third kappa shape index (κ3) is 4.74. The maximum atomic E-state index is 14.6. The summed E-state index contributed by atoms with van der Waals surface area (Å²) in [5, 5.41) is 2.81. The molecule has 2 aromatic rings. The van der Waals surface area contributed by atoms with Gasteiger partial charge in [0.2, 0.25) is 5.91 Å². The van der Waals surface area contributed by atoms with Crippen LogP contribution in [0.4, 0.5) is 8.78 Å². The molecule has 3 atom stereocenters. The Morgan fingerprint density at radius 3 is 2.74 bits per heavy atom. The number of ether oxygens (including phenoxy) is 2. The van der Waals surface area contributed by atoms with Gasteiger partial charge in [0, 0.05) is 31.0 Å². The third-order valence-electron chi connectivity index (χ3n) is 5.13. The van der Waals surface area contributed by atoms with E-state index in [9.17, 15) is 18.4 Å². The molecule has 6 nitrogen and oxygen atoms in total. The third-order valence-corrected chi connectivity index (χ3v) is 5.13. The number of pyridine rings is 1. The molecule has 0 saturated carbocycles. The molecule has 0 bridgehead atoms. The summed E-state index contributed by atoms with van der Waals surface area (Å²) in [6.45, 7) is 3.82. The molecule has 0 aliphatic carbocycles. The summed E-state index contributed by atoms with van der Waals surface area (Å²) in [5.41, 5.74) is 0.166.